The highest BCUT2D eigenvalue weighted by atomic mass is 16.3. The van der Waals surface area contributed by atoms with Crippen LogP contribution in [0.1, 0.15) is 36.7 Å². The zero-order valence-corrected chi connectivity index (χ0v) is 13.1. The van der Waals surface area contributed by atoms with Crippen molar-refractivity contribution in [1.29, 1.82) is 0 Å². The number of aryl methyl sites for hydroxylation is 2. The van der Waals surface area contributed by atoms with E-state index in [1.54, 1.807) is 12.1 Å². The van der Waals surface area contributed by atoms with E-state index in [1.165, 1.54) is 5.56 Å². The molecule has 1 unspecified atom stereocenters. The Labute approximate surface area is 126 Å². The highest BCUT2D eigenvalue weighted by Gasteiger charge is 2.15. The summed E-state index contributed by atoms with van der Waals surface area (Å²) in [6.07, 6.45) is 0. The topological polar surface area (TPSA) is 58.0 Å². The molecule has 0 bridgehead atoms. The number of aromatic hydroxyl groups is 1. The van der Waals surface area contributed by atoms with Gasteiger partial charge in [0.15, 0.2) is 5.82 Å². The first-order valence-electron chi connectivity index (χ1n) is 7.38. The minimum atomic E-state index is 0.253. The van der Waals surface area contributed by atoms with Crippen LogP contribution in [0.15, 0.2) is 24.3 Å². The molecule has 0 spiro atoms. The summed E-state index contributed by atoms with van der Waals surface area (Å²) < 4.78 is 0. The van der Waals surface area contributed by atoms with E-state index in [-0.39, 0.29) is 5.75 Å². The molecule has 1 aromatic carbocycles. The van der Waals surface area contributed by atoms with Crippen molar-refractivity contribution in [3.05, 3.63) is 41.2 Å². The fourth-order valence-corrected chi connectivity index (χ4v) is 2.64. The Morgan fingerprint density at radius 3 is 2.19 bits per heavy atom. The van der Waals surface area contributed by atoms with Crippen LogP contribution < -0.4 is 5.32 Å². The van der Waals surface area contributed by atoms with Crippen LogP contribution in [0, 0.1) is 13.8 Å². The van der Waals surface area contributed by atoms with Crippen molar-refractivity contribution >= 4 is 0 Å². The zero-order valence-electron chi connectivity index (χ0n) is 13.1. The molecule has 0 fully saturated rings. The lowest BCUT2D eigenvalue weighted by molar-refractivity contribution is 0.475. The van der Waals surface area contributed by atoms with Crippen LogP contribution in [-0.4, -0.2) is 28.2 Å². The number of aromatic nitrogens is 2. The third-order valence-electron chi connectivity index (χ3n) is 3.65. The molecule has 0 aliphatic rings. The Kier molecular flexibility index (Phi) is 4.91. The number of benzene rings is 1. The third kappa shape index (κ3) is 3.58. The summed E-state index contributed by atoms with van der Waals surface area (Å²) in [5.41, 5.74) is 4.19. The summed E-state index contributed by atoms with van der Waals surface area (Å²) in [7, 11) is 0. The van der Waals surface area contributed by atoms with Gasteiger partial charge in [-0.3, -0.25) is 0 Å². The van der Waals surface area contributed by atoms with Crippen LogP contribution in [-0.2, 0) is 0 Å². The van der Waals surface area contributed by atoms with Gasteiger partial charge in [0.05, 0.1) is 0 Å². The molecule has 1 atom stereocenters. The maximum Gasteiger partial charge on any atom is 0.159 e. The minimum absolute atomic E-state index is 0.253. The van der Waals surface area contributed by atoms with Crippen LogP contribution >= 0.6 is 0 Å². The fraction of sp³-hybridized carbons (Fsp3) is 0.412. The molecule has 4 nitrogen and oxygen atoms in total. The molecular weight excluding hydrogens is 262 g/mol. The highest BCUT2D eigenvalue weighted by molar-refractivity contribution is 5.57. The van der Waals surface area contributed by atoms with Gasteiger partial charge in [-0.2, -0.15) is 0 Å². The Morgan fingerprint density at radius 1 is 1.10 bits per heavy atom. The van der Waals surface area contributed by atoms with E-state index < -0.39 is 0 Å². The van der Waals surface area contributed by atoms with E-state index in [9.17, 15) is 5.11 Å². The second-order valence-electron chi connectivity index (χ2n) is 5.39. The van der Waals surface area contributed by atoms with Gasteiger partial charge in [-0.05, 0) is 56.1 Å². The Hall–Kier alpha value is -1.94. The summed E-state index contributed by atoms with van der Waals surface area (Å²) in [5.74, 6) is 1.35. The maximum absolute atomic E-state index is 9.36. The smallest absolute Gasteiger partial charge is 0.159 e. The molecule has 2 aromatic rings. The first-order valence-corrected chi connectivity index (χ1v) is 7.38. The van der Waals surface area contributed by atoms with Gasteiger partial charge in [-0.15, -0.1) is 0 Å². The molecule has 21 heavy (non-hydrogen) atoms. The number of phenols is 1. The molecular formula is C17H23N3O. The number of rotatable bonds is 5. The molecule has 2 N–H and O–H groups in total. The molecule has 4 heteroatoms. The number of nitrogens with zero attached hydrogens (tertiary/aromatic N) is 2. The predicted molar refractivity (Wildman–Crippen MR) is 85.6 cm³/mol. The average molecular weight is 285 g/mol. The van der Waals surface area contributed by atoms with E-state index >= 15 is 0 Å². The van der Waals surface area contributed by atoms with E-state index in [1.807, 2.05) is 26.0 Å². The molecule has 1 heterocycles. The summed E-state index contributed by atoms with van der Waals surface area (Å²) in [6, 6.07) is 6.99. The minimum Gasteiger partial charge on any atom is -0.508 e. The molecule has 0 aliphatic carbocycles. The standard InChI is InChI=1S/C17H23N3O/c1-5-18-10-11(2)16-12(3)19-17(20-13(16)4)14-6-8-15(21)9-7-14/h6-9,11,18,21H,5,10H2,1-4H3. The molecule has 0 aliphatic heterocycles. The van der Waals surface area contributed by atoms with Crippen molar-refractivity contribution in [2.45, 2.75) is 33.6 Å². The van der Waals surface area contributed by atoms with Crippen LogP contribution in [0.4, 0.5) is 0 Å². The highest BCUT2D eigenvalue weighted by Crippen LogP contribution is 2.25. The van der Waals surface area contributed by atoms with Gasteiger partial charge in [0.1, 0.15) is 5.75 Å². The lowest BCUT2D eigenvalue weighted by Gasteiger charge is -2.17. The molecule has 0 amide bonds. The second-order valence-corrected chi connectivity index (χ2v) is 5.39. The van der Waals surface area contributed by atoms with Crippen LogP contribution in [0.25, 0.3) is 11.4 Å². The van der Waals surface area contributed by atoms with Crippen LogP contribution in [0.5, 0.6) is 5.75 Å². The van der Waals surface area contributed by atoms with E-state index in [4.69, 9.17) is 0 Å². The van der Waals surface area contributed by atoms with Crippen molar-refractivity contribution in [3.63, 3.8) is 0 Å². The van der Waals surface area contributed by atoms with Gasteiger partial charge >= 0.3 is 0 Å². The van der Waals surface area contributed by atoms with Crippen molar-refractivity contribution in [2.75, 3.05) is 13.1 Å². The van der Waals surface area contributed by atoms with Gasteiger partial charge in [0, 0.05) is 23.5 Å². The lowest BCUT2D eigenvalue weighted by Crippen LogP contribution is -2.21. The van der Waals surface area contributed by atoms with E-state index in [0.29, 0.717) is 11.7 Å². The van der Waals surface area contributed by atoms with Gasteiger partial charge in [0.25, 0.3) is 0 Å². The first-order chi connectivity index (χ1) is 10.0. The quantitative estimate of drug-likeness (QED) is 0.886. The third-order valence-corrected chi connectivity index (χ3v) is 3.65. The molecule has 1 aromatic heterocycles. The van der Waals surface area contributed by atoms with Crippen molar-refractivity contribution in [2.24, 2.45) is 0 Å². The monoisotopic (exact) mass is 285 g/mol. The number of nitrogens with one attached hydrogen (secondary N) is 1. The normalized spacial score (nSPS) is 12.4. The fourth-order valence-electron chi connectivity index (χ4n) is 2.64. The summed E-state index contributed by atoms with van der Waals surface area (Å²) in [5, 5.41) is 12.7. The molecule has 0 saturated carbocycles. The lowest BCUT2D eigenvalue weighted by atomic mass is 9.97. The molecule has 112 valence electrons. The van der Waals surface area contributed by atoms with Crippen molar-refractivity contribution in [3.8, 4) is 17.1 Å². The van der Waals surface area contributed by atoms with Crippen LogP contribution in [0.2, 0.25) is 0 Å². The van der Waals surface area contributed by atoms with Gasteiger partial charge in [0.2, 0.25) is 0 Å². The van der Waals surface area contributed by atoms with E-state index in [0.717, 1.165) is 30.0 Å². The maximum atomic E-state index is 9.36. The zero-order chi connectivity index (χ0) is 15.4. The summed E-state index contributed by atoms with van der Waals surface area (Å²) in [4.78, 5) is 9.29. The predicted octanol–water partition coefficient (Wildman–Crippen LogP) is 3.18. The Morgan fingerprint density at radius 2 is 1.67 bits per heavy atom. The van der Waals surface area contributed by atoms with E-state index in [2.05, 4.69) is 29.1 Å². The van der Waals surface area contributed by atoms with Gasteiger partial charge < -0.3 is 10.4 Å². The van der Waals surface area contributed by atoms with Gasteiger partial charge in [-0.1, -0.05) is 13.8 Å². The van der Waals surface area contributed by atoms with Gasteiger partial charge in [-0.25, -0.2) is 9.97 Å². The molecule has 0 radical (unpaired) electrons. The largest absolute Gasteiger partial charge is 0.508 e. The number of hydrogen-bond acceptors (Lipinski definition) is 4. The summed E-state index contributed by atoms with van der Waals surface area (Å²) in [6.45, 7) is 10.3. The van der Waals surface area contributed by atoms with Crippen molar-refractivity contribution < 1.29 is 5.11 Å². The number of likely N-dealkylation sites (N-methyl/N-ethyl adjacent to an activating group) is 1. The first kappa shape index (κ1) is 15.4. The number of hydrogen-bond donors (Lipinski definition) is 2. The summed E-state index contributed by atoms with van der Waals surface area (Å²) >= 11 is 0. The second kappa shape index (κ2) is 6.68. The van der Waals surface area contributed by atoms with Crippen LogP contribution in [0.3, 0.4) is 0 Å². The number of phenolic OH excluding ortho intramolecular Hbond substituents is 1. The Bertz CT molecular complexity index is 585. The molecule has 2 rings (SSSR count). The average Bonchev–Trinajstić information content (AvgIpc) is 2.45. The SMILES string of the molecule is CCNCC(C)c1c(C)nc(-c2ccc(O)cc2)nc1C. The Balaban J connectivity index is 2.34. The molecule has 0 saturated heterocycles. The van der Waals surface area contributed by atoms with Crippen molar-refractivity contribution in [1.82, 2.24) is 15.3 Å².